The van der Waals surface area contributed by atoms with Gasteiger partial charge in [-0.25, -0.2) is 12.7 Å². The monoisotopic (exact) mass is 532 g/mol. The molecular formula is C28H44N4O4S. The highest BCUT2D eigenvalue weighted by atomic mass is 32.2. The van der Waals surface area contributed by atoms with Crippen molar-refractivity contribution in [3.05, 3.63) is 29.8 Å². The molecule has 1 N–H and O–H groups in total. The van der Waals surface area contributed by atoms with Crippen molar-refractivity contribution in [3.8, 4) is 0 Å². The molecule has 2 heterocycles. The van der Waals surface area contributed by atoms with Gasteiger partial charge in [-0.1, -0.05) is 57.6 Å². The average Bonchev–Trinajstić information content (AvgIpc) is 2.89. The van der Waals surface area contributed by atoms with Gasteiger partial charge in [-0.05, 0) is 49.3 Å². The van der Waals surface area contributed by atoms with Crippen LogP contribution in [0.25, 0.3) is 0 Å². The zero-order chi connectivity index (χ0) is 26.6. The second kappa shape index (κ2) is 11.8. The normalized spacial score (nSPS) is 23.6. The summed E-state index contributed by atoms with van der Waals surface area (Å²) in [5.41, 5.74) is 0.281. The molecule has 1 aromatic carbocycles. The van der Waals surface area contributed by atoms with E-state index in [0.29, 0.717) is 44.9 Å². The number of likely N-dealkylation sites (tertiary alicyclic amines) is 1. The number of nitrogens with zero attached hydrogens (tertiary/aromatic N) is 3. The van der Waals surface area contributed by atoms with E-state index in [9.17, 15) is 18.0 Å². The molecular weight excluding hydrogens is 488 g/mol. The van der Waals surface area contributed by atoms with Gasteiger partial charge < -0.3 is 10.2 Å². The Morgan fingerprint density at radius 1 is 1.03 bits per heavy atom. The fraction of sp³-hybridized carbons (Fsp3) is 0.714. The van der Waals surface area contributed by atoms with Crippen molar-refractivity contribution in [1.82, 2.24) is 19.4 Å². The van der Waals surface area contributed by atoms with Crippen LogP contribution in [0.3, 0.4) is 0 Å². The molecule has 2 saturated heterocycles. The highest BCUT2D eigenvalue weighted by Crippen LogP contribution is 2.36. The summed E-state index contributed by atoms with van der Waals surface area (Å²) >= 11 is 0. The molecule has 9 heteroatoms. The summed E-state index contributed by atoms with van der Waals surface area (Å²) in [5.74, 6) is 0.678. The van der Waals surface area contributed by atoms with Gasteiger partial charge >= 0.3 is 0 Å². The van der Waals surface area contributed by atoms with Crippen LogP contribution in [0.4, 0.5) is 0 Å². The lowest BCUT2D eigenvalue weighted by Crippen LogP contribution is -2.73. The van der Waals surface area contributed by atoms with Crippen LogP contribution < -0.4 is 5.32 Å². The summed E-state index contributed by atoms with van der Waals surface area (Å²) in [6.45, 7) is 4.89. The zero-order valence-corrected chi connectivity index (χ0v) is 23.6. The van der Waals surface area contributed by atoms with E-state index in [1.165, 1.54) is 37.7 Å². The smallest absolute Gasteiger partial charge is 0.246 e. The number of benzene rings is 1. The maximum Gasteiger partial charge on any atom is 0.246 e. The summed E-state index contributed by atoms with van der Waals surface area (Å²) in [4.78, 5) is 31.8. The van der Waals surface area contributed by atoms with Crippen LogP contribution in [-0.2, 0) is 26.2 Å². The number of piperidine rings is 1. The molecule has 1 unspecified atom stereocenters. The fourth-order valence-corrected chi connectivity index (χ4v) is 7.15. The first-order valence-electron chi connectivity index (χ1n) is 14.0. The number of unbranched alkanes of at least 4 members (excludes halogenated alkanes) is 1. The molecule has 1 aliphatic carbocycles. The van der Waals surface area contributed by atoms with Crippen LogP contribution in [0.5, 0.6) is 0 Å². The minimum Gasteiger partial charge on any atom is -0.342 e. The highest BCUT2D eigenvalue weighted by Gasteiger charge is 2.53. The van der Waals surface area contributed by atoms with Gasteiger partial charge in [-0.2, -0.15) is 0 Å². The number of carbonyl (C=O) groups excluding carboxylic acids is 2. The quantitative estimate of drug-likeness (QED) is 0.527. The van der Waals surface area contributed by atoms with E-state index in [0.717, 1.165) is 37.7 Å². The number of carbonyl (C=O) groups is 2. The molecule has 1 spiro atoms. The van der Waals surface area contributed by atoms with Crippen LogP contribution in [0.2, 0.25) is 0 Å². The van der Waals surface area contributed by atoms with Gasteiger partial charge in [0.2, 0.25) is 21.8 Å². The Hall–Kier alpha value is -1.97. The molecule has 1 saturated carbocycles. The SMILES string of the molecule is CCCCN1C(=O)C(CC2CCCCC2)NC(=O)C12CCN(Cc1ccc(S(=O)(=O)N(C)C)cc1)CC2. The summed E-state index contributed by atoms with van der Waals surface area (Å²) in [6, 6.07) is 6.65. The summed E-state index contributed by atoms with van der Waals surface area (Å²) in [5, 5.41) is 3.16. The van der Waals surface area contributed by atoms with Crippen molar-refractivity contribution in [1.29, 1.82) is 0 Å². The van der Waals surface area contributed by atoms with E-state index in [4.69, 9.17) is 0 Å². The molecule has 8 nitrogen and oxygen atoms in total. The van der Waals surface area contributed by atoms with Crippen LogP contribution in [0, 0.1) is 5.92 Å². The Labute approximate surface area is 222 Å². The highest BCUT2D eigenvalue weighted by molar-refractivity contribution is 7.89. The van der Waals surface area contributed by atoms with Gasteiger partial charge in [-0.3, -0.25) is 14.5 Å². The van der Waals surface area contributed by atoms with Crippen molar-refractivity contribution < 1.29 is 18.0 Å². The van der Waals surface area contributed by atoms with Crippen LogP contribution >= 0.6 is 0 Å². The van der Waals surface area contributed by atoms with E-state index in [1.807, 2.05) is 17.0 Å². The number of sulfonamides is 1. The Kier molecular flexibility index (Phi) is 8.96. The molecule has 1 atom stereocenters. The number of piperazine rings is 1. The fourth-order valence-electron chi connectivity index (χ4n) is 6.25. The molecule has 0 bridgehead atoms. The summed E-state index contributed by atoms with van der Waals surface area (Å²) in [7, 11) is -0.390. The lowest BCUT2D eigenvalue weighted by molar-refractivity contribution is -0.162. The van der Waals surface area contributed by atoms with Crippen molar-refractivity contribution in [3.63, 3.8) is 0 Å². The number of nitrogens with one attached hydrogen (secondary N) is 1. The molecule has 206 valence electrons. The second-order valence-electron chi connectivity index (χ2n) is 11.3. The Morgan fingerprint density at radius 2 is 1.68 bits per heavy atom. The Bertz CT molecular complexity index is 1040. The standard InChI is InChI=1S/C28H44N4O4S/c1-4-5-17-32-26(33)25(20-22-9-7-6-8-10-22)29-27(34)28(32)15-18-31(19-16-28)21-23-11-13-24(14-12-23)37(35,36)30(2)3/h11-14,22,25H,4-10,15-21H2,1-3H3,(H,29,34). The first-order chi connectivity index (χ1) is 17.7. The molecule has 1 aromatic rings. The minimum atomic E-state index is -3.45. The first kappa shape index (κ1) is 28.0. The van der Waals surface area contributed by atoms with E-state index in [-0.39, 0.29) is 22.8 Å². The second-order valence-corrected chi connectivity index (χ2v) is 13.5. The number of rotatable bonds is 9. The molecule has 2 amide bonds. The molecule has 2 aliphatic heterocycles. The van der Waals surface area contributed by atoms with Gasteiger partial charge in [0.1, 0.15) is 11.6 Å². The molecule has 4 rings (SSSR count). The van der Waals surface area contributed by atoms with Gasteiger partial charge in [0.05, 0.1) is 4.90 Å². The van der Waals surface area contributed by atoms with E-state index in [1.54, 1.807) is 12.1 Å². The van der Waals surface area contributed by atoms with Gasteiger partial charge in [0.15, 0.2) is 0 Å². The predicted octanol–water partition coefficient (Wildman–Crippen LogP) is 3.37. The topological polar surface area (TPSA) is 90.0 Å². The summed E-state index contributed by atoms with van der Waals surface area (Å²) < 4.78 is 25.9. The molecule has 3 fully saturated rings. The third kappa shape index (κ3) is 6.04. The minimum absolute atomic E-state index is 0.0295. The zero-order valence-electron chi connectivity index (χ0n) is 22.7. The van der Waals surface area contributed by atoms with Crippen molar-refractivity contribution >= 4 is 21.8 Å². The van der Waals surface area contributed by atoms with Gasteiger partial charge in [0, 0.05) is 40.3 Å². The molecule has 37 heavy (non-hydrogen) atoms. The predicted molar refractivity (Wildman–Crippen MR) is 144 cm³/mol. The van der Waals surface area contributed by atoms with Crippen LogP contribution in [-0.4, -0.2) is 79.6 Å². The van der Waals surface area contributed by atoms with Crippen LogP contribution in [0.1, 0.15) is 76.7 Å². The largest absolute Gasteiger partial charge is 0.342 e. The third-order valence-electron chi connectivity index (χ3n) is 8.63. The van der Waals surface area contributed by atoms with E-state index >= 15 is 0 Å². The molecule has 3 aliphatic rings. The number of amides is 2. The molecule has 0 radical (unpaired) electrons. The lowest BCUT2D eigenvalue weighted by atomic mass is 9.79. The van der Waals surface area contributed by atoms with Crippen molar-refractivity contribution in [2.24, 2.45) is 5.92 Å². The number of hydrogen-bond acceptors (Lipinski definition) is 5. The average molecular weight is 533 g/mol. The maximum absolute atomic E-state index is 13.7. The maximum atomic E-state index is 13.7. The van der Waals surface area contributed by atoms with Crippen LogP contribution in [0.15, 0.2) is 29.2 Å². The summed E-state index contributed by atoms with van der Waals surface area (Å²) in [6.07, 6.45) is 9.98. The van der Waals surface area contributed by atoms with E-state index < -0.39 is 15.6 Å². The Balaban J connectivity index is 1.41. The lowest BCUT2D eigenvalue weighted by Gasteiger charge is -2.52. The number of hydrogen-bond donors (Lipinski definition) is 1. The first-order valence-corrected chi connectivity index (χ1v) is 15.5. The van der Waals surface area contributed by atoms with Gasteiger partial charge in [0.25, 0.3) is 0 Å². The Morgan fingerprint density at radius 3 is 2.27 bits per heavy atom. The van der Waals surface area contributed by atoms with Gasteiger partial charge in [-0.15, -0.1) is 0 Å². The molecule has 0 aromatic heterocycles. The van der Waals surface area contributed by atoms with E-state index in [2.05, 4.69) is 17.1 Å². The van der Waals surface area contributed by atoms with Crippen molar-refractivity contribution in [2.75, 3.05) is 33.7 Å². The third-order valence-corrected chi connectivity index (χ3v) is 10.5. The van der Waals surface area contributed by atoms with Crippen molar-refractivity contribution in [2.45, 2.75) is 94.2 Å².